The molecule has 1 saturated heterocycles. The number of nitrogens with one attached hydrogen (secondary N) is 2. The van der Waals surface area contributed by atoms with Crippen molar-refractivity contribution in [3.8, 4) is 17.2 Å². The molecule has 8 nitrogen and oxygen atoms in total. The number of phenolic OH excluding ortho intramolecular Hbond substituents is 3. The Morgan fingerprint density at radius 1 is 1.10 bits per heavy atom. The van der Waals surface area contributed by atoms with Crippen molar-refractivity contribution in [2.45, 2.75) is 37.4 Å². The van der Waals surface area contributed by atoms with Gasteiger partial charge in [-0.15, -0.1) is 0 Å². The van der Waals surface area contributed by atoms with Gasteiger partial charge in [0.25, 0.3) is 5.91 Å². The molecular formula is C20H31N3O5S2. The summed E-state index contributed by atoms with van der Waals surface area (Å²) < 4.78 is 0. The van der Waals surface area contributed by atoms with E-state index in [9.17, 15) is 24.9 Å². The molecule has 1 heterocycles. The van der Waals surface area contributed by atoms with Gasteiger partial charge in [-0.05, 0) is 38.4 Å². The van der Waals surface area contributed by atoms with Gasteiger partial charge in [-0.25, -0.2) is 0 Å². The summed E-state index contributed by atoms with van der Waals surface area (Å²) in [4.78, 5) is 26.0. The summed E-state index contributed by atoms with van der Waals surface area (Å²) in [6, 6.07) is 2.18. The molecule has 0 aromatic heterocycles. The van der Waals surface area contributed by atoms with Crippen molar-refractivity contribution in [3.05, 3.63) is 17.7 Å². The highest BCUT2D eigenvalue weighted by molar-refractivity contribution is 8.77. The maximum atomic E-state index is 12.1. The van der Waals surface area contributed by atoms with Crippen molar-refractivity contribution in [2.75, 3.05) is 39.0 Å². The van der Waals surface area contributed by atoms with Gasteiger partial charge in [0.1, 0.15) is 0 Å². The van der Waals surface area contributed by atoms with Crippen molar-refractivity contribution >= 4 is 33.4 Å². The molecule has 1 fully saturated rings. The molecule has 1 aromatic carbocycles. The number of carbonyl (C=O) groups excluding carboxylic acids is 2. The Morgan fingerprint density at radius 3 is 2.40 bits per heavy atom. The lowest BCUT2D eigenvalue weighted by atomic mass is 10.1. The molecule has 1 atom stereocenters. The number of nitrogens with zero attached hydrogens (tertiary/aromatic N) is 1. The Balaban J connectivity index is 1.52. The predicted molar refractivity (Wildman–Crippen MR) is 121 cm³/mol. The van der Waals surface area contributed by atoms with Crippen LogP contribution in [0.3, 0.4) is 0 Å². The number of hydrogen-bond donors (Lipinski definition) is 5. The lowest BCUT2D eigenvalue weighted by Crippen LogP contribution is -2.37. The van der Waals surface area contributed by atoms with Gasteiger partial charge in [0.05, 0.1) is 0 Å². The second kappa shape index (κ2) is 12.8. The molecule has 5 N–H and O–H groups in total. The van der Waals surface area contributed by atoms with E-state index in [0.29, 0.717) is 32.6 Å². The molecular weight excluding hydrogens is 426 g/mol. The van der Waals surface area contributed by atoms with Gasteiger partial charge in [-0.1, -0.05) is 28.0 Å². The third-order valence-corrected chi connectivity index (χ3v) is 7.84. The second-order valence-electron chi connectivity index (χ2n) is 7.35. The lowest BCUT2D eigenvalue weighted by molar-refractivity contribution is -0.121. The first-order chi connectivity index (χ1) is 14.4. The average molecular weight is 458 g/mol. The van der Waals surface area contributed by atoms with E-state index in [1.54, 1.807) is 0 Å². The number of hydrogen-bond acceptors (Lipinski definition) is 8. The van der Waals surface area contributed by atoms with Crippen LogP contribution in [-0.4, -0.2) is 76.3 Å². The van der Waals surface area contributed by atoms with E-state index in [-0.39, 0.29) is 11.5 Å². The van der Waals surface area contributed by atoms with Gasteiger partial charge < -0.3 is 30.9 Å². The standard InChI is InChI=1S/C20H31N3O5S2/c1-23(9-7-21-18(26)5-3-2-4-15-6-11-29-30-15)10-8-22-20(28)14-12-16(24)19(27)17(25)13-14/h12-13,15,24-25,27H,2-11H2,1H3,(H,21,26)(H,22,28). The molecule has 30 heavy (non-hydrogen) atoms. The molecule has 0 bridgehead atoms. The number of carbonyl (C=O) groups is 2. The summed E-state index contributed by atoms with van der Waals surface area (Å²) in [7, 11) is 5.82. The Labute approximate surface area is 185 Å². The Hall–Kier alpha value is -1.78. The SMILES string of the molecule is CN(CCNC(=O)CCCCC1CCSS1)CCNC(=O)c1cc(O)c(O)c(O)c1. The first kappa shape index (κ1) is 24.5. The van der Waals surface area contributed by atoms with Crippen molar-refractivity contribution in [3.63, 3.8) is 0 Å². The van der Waals surface area contributed by atoms with Crippen LogP contribution in [0.1, 0.15) is 42.5 Å². The van der Waals surface area contributed by atoms with Crippen LogP contribution in [0.4, 0.5) is 0 Å². The number of aromatic hydroxyl groups is 3. The van der Waals surface area contributed by atoms with Gasteiger partial charge in [-0.3, -0.25) is 9.59 Å². The van der Waals surface area contributed by atoms with E-state index in [4.69, 9.17) is 0 Å². The highest BCUT2D eigenvalue weighted by Crippen LogP contribution is 2.39. The molecule has 0 aliphatic carbocycles. The third kappa shape index (κ3) is 8.53. The summed E-state index contributed by atoms with van der Waals surface area (Å²) in [5.74, 6) is -0.889. The Morgan fingerprint density at radius 2 is 1.77 bits per heavy atom. The zero-order valence-electron chi connectivity index (χ0n) is 17.2. The number of benzene rings is 1. The number of rotatable bonds is 12. The average Bonchev–Trinajstić information content (AvgIpc) is 3.22. The molecule has 10 heteroatoms. The molecule has 1 aliphatic rings. The van der Waals surface area contributed by atoms with Gasteiger partial charge in [0.2, 0.25) is 5.91 Å². The number of phenols is 3. The minimum Gasteiger partial charge on any atom is -0.504 e. The van der Waals surface area contributed by atoms with Crippen LogP contribution in [0.25, 0.3) is 0 Å². The lowest BCUT2D eigenvalue weighted by Gasteiger charge is -2.17. The van der Waals surface area contributed by atoms with Crippen molar-refractivity contribution in [1.29, 1.82) is 0 Å². The summed E-state index contributed by atoms with van der Waals surface area (Å²) in [6.45, 7) is 2.16. The predicted octanol–water partition coefficient (Wildman–Crippen LogP) is 2.30. The number of amides is 2. The van der Waals surface area contributed by atoms with E-state index in [1.807, 2.05) is 33.5 Å². The van der Waals surface area contributed by atoms with Crippen LogP contribution in [0, 0.1) is 0 Å². The largest absolute Gasteiger partial charge is 0.504 e. The summed E-state index contributed by atoms with van der Waals surface area (Å²) >= 11 is 0. The Kier molecular flexibility index (Phi) is 10.5. The van der Waals surface area contributed by atoms with E-state index >= 15 is 0 Å². The minimum atomic E-state index is -0.653. The molecule has 2 amide bonds. The fourth-order valence-corrected chi connectivity index (χ4v) is 6.03. The van der Waals surface area contributed by atoms with E-state index in [2.05, 4.69) is 10.6 Å². The highest BCUT2D eigenvalue weighted by atomic mass is 33.1. The normalized spacial score (nSPS) is 16.0. The fraction of sp³-hybridized carbons (Fsp3) is 0.600. The molecule has 168 valence electrons. The highest BCUT2D eigenvalue weighted by Gasteiger charge is 2.16. The van der Waals surface area contributed by atoms with Crippen molar-refractivity contribution in [1.82, 2.24) is 15.5 Å². The second-order valence-corrected chi connectivity index (χ2v) is 10.1. The maximum absolute atomic E-state index is 12.1. The molecule has 1 unspecified atom stereocenters. The third-order valence-electron chi connectivity index (χ3n) is 4.83. The van der Waals surface area contributed by atoms with Gasteiger partial charge in [0, 0.05) is 49.2 Å². The summed E-state index contributed by atoms with van der Waals surface area (Å²) in [5, 5.41) is 34.6. The monoisotopic (exact) mass is 457 g/mol. The van der Waals surface area contributed by atoms with E-state index in [0.717, 1.165) is 30.2 Å². The maximum Gasteiger partial charge on any atom is 0.251 e. The van der Waals surface area contributed by atoms with Gasteiger partial charge in [-0.2, -0.15) is 0 Å². The van der Waals surface area contributed by atoms with Crippen molar-refractivity contribution in [2.24, 2.45) is 0 Å². The van der Waals surface area contributed by atoms with E-state index < -0.39 is 23.2 Å². The van der Waals surface area contributed by atoms with Crippen LogP contribution < -0.4 is 10.6 Å². The van der Waals surface area contributed by atoms with Crippen LogP contribution in [0.5, 0.6) is 17.2 Å². The van der Waals surface area contributed by atoms with Gasteiger partial charge >= 0.3 is 0 Å². The number of likely N-dealkylation sites (N-methyl/N-ethyl adjacent to an activating group) is 1. The van der Waals surface area contributed by atoms with E-state index in [1.165, 1.54) is 18.6 Å². The summed E-state index contributed by atoms with van der Waals surface area (Å²) in [5.41, 5.74) is 0.0583. The molecule has 1 aromatic rings. The Bertz CT molecular complexity index is 691. The van der Waals surface area contributed by atoms with Crippen LogP contribution in [0.15, 0.2) is 12.1 Å². The first-order valence-corrected chi connectivity index (χ1v) is 12.5. The minimum absolute atomic E-state index is 0.0583. The smallest absolute Gasteiger partial charge is 0.251 e. The molecule has 0 saturated carbocycles. The zero-order chi connectivity index (χ0) is 21.9. The van der Waals surface area contributed by atoms with Crippen LogP contribution >= 0.6 is 21.6 Å². The first-order valence-electron chi connectivity index (χ1n) is 10.1. The van der Waals surface area contributed by atoms with Crippen LogP contribution in [0.2, 0.25) is 0 Å². The topological polar surface area (TPSA) is 122 Å². The quantitative estimate of drug-likeness (QED) is 0.184. The molecule has 0 spiro atoms. The number of unbranched alkanes of at least 4 members (excludes halogenated alkanes) is 1. The molecule has 2 rings (SSSR count). The zero-order valence-corrected chi connectivity index (χ0v) is 18.9. The van der Waals surface area contributed by atoms with Gasteiger partial charge in [0.15, 0.2) is 17.2 Å². The summed E-state index contributed by atoms with van der Waals surface area (Å²) in [6.07, 6.45) is 5.08. The fourth-order valence-electron chi connectivity index (χ4n) is 3.01. The molecule has 1 aliphatic heterocycles. The van der Waals surface area contributed by atoms with Crippen LogP contribution in [-0.2, 0) is 4.79 Å². The molecule has 0 radical (unpaired) electrons. The van der Waals surface area contributed by atoms with Crippen molar-refractivity contribution < 1.29 is 24.9 Å².